The van der Waals surface area contributed by atoms with E-state index in [0.717, 1.165) is 14.2 Å². The molecule has 0 saturated carbocycles. The fourth-order valence-corrected chi connectivity index (χ4v) is 2.99. The normalized spacial score (nSPS) is 12.7. The van der Waals surface area contributed by atoms with E-state index in [1.54, 1.807) is 0 Å². The minimum Gasteiger partial charge on any atom is -0.406 e. The van der Waals surface area contributed by atoms with Crippen molar-refractivity contribution in [1.82, 2.24) is 0 Å². The quantitative estimate of drug-likeness (QED) is 0.813. The molecule has 0 unspecified atom stereocenters. The van der Waals surface area contributed by atoms with E-state index in [9.17, 15) is 13.2 Å². The van der Waals surface area contributed by atoms with Crippen molar-refractivity contribution >= 4 is 39.7 Å². The highest BCUT2D eigenvalue weighted by molar-refractivity contribution is 9.11. The lowest BCUT2D eigenvalue weighted by atomic mass is 10.1. The molecular formula is C12H10BrClF3NOS. The smallest absolute Gasteiger partial charge is 0.406 e. The van der Waals surface area contributed by atoms with Crippen molar-refractivity contribution in [2.24, 2.45) is 5.73 Å². The number of thiophene rings is 1. The summed E-state index contributed by atoms with van der Waals surface area (Å²) in [6.45, 7) is 0. The van der Waals surface area contributed by atoms with Crippen LogP contribution >= 0.6 is 39.7 Å². The van der Waals surface area contributed by atoms with Crippen molar-refractivity contribution in [3.05, 3.63) is 50.6 Å². The number of halogens is 5. The van der Waals surface area contributed by atoms with Gasteiger partial charge in [-0.3, -0.25) is 0 Å². The van der Waals surface area contributed by atoms with E-state index in [-0.39, 0.29) is 24.2 Å². The first kappa shape index (κ1) is 17.3. The first-order valence-corrected chi connectivity index (χ1v) is 6.82. The van der Waals surface area contributed by atoms with Crippen LogP contribution < -0.4 is 10.5 Å². The highest BCUT2D eigenvalue weighted by Crippen LogP contribution is 2.31. The monoisotopic (exact) mass is 387 g/mol. The zero-order chi connectivity index (χ0) is 14.0. The van der Waals surface area contributed by atoms with Crippen LogP contribution in [0.4, 0.5) is 13.2 Å². The molecule has 110 valence electrons. The first-order valence-electron chi connectivity index (χ1n) is 5.22. The molecule has 1 aromatic heterocycles. The van der Waals surface area contributed by atoms with Gasteiger partial charge in [-0.1, -0.05) is 12.1 Å². The van der Waals surface area contributed by atoms with Crippen LogP contribution in [0.15, 0.2) is 40.2 Å². The van der Waals surface area contributed by atoms with Gasteiger partial charge in [0.25, 0.3) is 0 Å². The van der Waals surface area contributed by atoms with Crippen LogP contribution in [-0.2, 0) is 0 Å². The Morgan fingerprint density at radius 1 is 1.10 bits per heavy atom. The fourth-order valence-electron chi connectivity index (χ4n) is 1.54. The molecule has 0 aliphatic rings. The summed E-state index contributed by atoms with van der Waals surface area (Å²) < 4.78 is 40.8. The van der Waals surface area contributed by atoms with E-state index < -0.39 is 6.36 Å². The summed E-state index contributed by atoms with van der Waals surface area (Å²) >= 11 is 4.82. The molecule has 0 aliphatic heterocycles. The van der Waals surface area contributed by atoms with Crippen molar-refractivity contribution in [1.29, 1.82) is 0 Å². The van der Waals surface area contributed by atoms with Gasteiger partial charge in [0.1, 0.15) is 5.75 Å². The van der Waals surface area contributed by atoms with Gasteiger partial charge in [0, 0.05) is 4.88 Å². The predicted molar refractivity (Wildman–Crippen MR) is 78.4 cm³/mol. The second-order valence-corrected chi connectivity index (χ2v) is 6.23. The van der Waals surface area contributed by atoms with Crippen LogP contribution in [0.2, 0.25) is 0 Å². The summed E-state index contributed by atoms with van der Waals surface area (Å²) in [4.78, 5) is 0.927. The first-order chi connectivity index (χ1) is 8.85. The molecule has 2 N–H and O–H groups in total. The Labute approximate surface area is 132 Å². The maximum absolute atomic E-state index is 12.0. The molecule has 2 aromatic rings. The minimum absolute atomic E-state index is 0. The maximum Gasteiger partial charge on any atom is 0.573 e. The Kier molecular flexibility index (Phi) is 5.88. The minimum atomic E-state index is -4.68. The number of ether oxygens (including phenoxy) is 1. The average Bonchev–Trinajstić information content (AvgIpc) is 2.74. The molecule has 0 saturated heterocycles. The number of alkyl halides is 3. The lowest BCUT2D eigenvalue weighted by molar-refractivity contribution is -0.274. The zero-order valence-electron chi connectivity index (χ0n) is 9.86. The summed E-state index contributed by atoms with van der Waals surface area (Å²) in [5.74, 6) is -0.254. The van der Waals surface area contributed by atoms with E-state index in [1.807, 2.05) is 12.1 Å². The molecular weight excluding hydrogens is 379 g/mol. The Morgan fingerprint density at radius 2 is 1.70 bits per heavy atom. The van der Waals surface area contributed by atoms with Crippen molar-refractivity contribution in [2.75, 3.05) is 0 Å². The molecule has 0 bridgehead atoms. The summed E-state index contributed by atoms with van der Waals surface area (Å²) in [6.07, 6.45) is -4.68. The average molecular weight is 389 g/mol. The van der Waals surface area contributed by atoms with Crippen molar-refractivity contribution in [2.45, 2.75) is 12.4 Å². The zero-order valence-corrected chi connectivity index (χ0v) is 13.1. The third kappa shape index (κ3) is 4.66. The highest BCUT2D eigenvalue weighted by atomic mass is 79.9. The summed E-state index contributed by atoms with van der Waals surface area (Å²) in [7, 11) is 0. The van der Waals surface area contributed by atoms with Crippen molar-refractivity contribution < 1.29 is 17.9 Å². The molecule has 0 radical (unpaired) electrons. The Balaban J connectivity index is 0.00000200. The van der Waals surface area contributed by atoms with Crippen LogP contribution in [-0.4, -0.2) is 6.36 Å². The van der Waals surface area contributed by atoms with Crippen molar-refractivity contribution in [3.8, 4) is 5.75 Å². The Morgan fingerprint density at radius 3 is 2.15 bits per heavy atom. The predicted octanol–water partition coefficient (Wildman–Crippen LogP) is 4.88. The molecule has 0 fully saturated rings. The van der Waals surface area contributed by atoms with Gasteiger partial charge in [-0.25, -0.2) is 0 Å². The topological polar surface area (TPSA) is 35.2 Å². The van der Waals surface area contributed by atoms with Crippen molar-refractivity contribution in [3.63, 3.8) is 0 Å². The molecule has 0 spiro atoms. The maximum atomic E-state index is 12.0. The number of benzene rings is 1. The Hall–Kier alpha value is -0.760. The third-order valence-corrected chi connectivity index (χ3v) is 4.08. The van der Waals surface area contributed by atoms with Crippen LogP contribution in [0.1, 0.15) is 16.5 Å². The van der Waals surface area contributed by atoms with Gasteiger partial charge in [-0.05, 0) is 45.8 Å². The Bertz CT molecular complexity index is 559. The SMILES string of the molecule is Cl.N[C@H](c1ccc(OC(F)(F)F)cc1)c1ccc(Br)s1. The van der Waals surface area contributed by atoms with E-state index in [0.29, 0.717) is 0 Å². The molecule has 2 rings (SSSR count). The standard InChI is InChI=1S/C12H9BrF3NOS.ClH/c13-10-6-5-9(19-10)11(17)7-1-3-8(4-2-7)18-12(14,15)16;/h1-6,11H,17H2;1H/t11-;/m1./s1. The van der Waals surface area contributed by atoms with Gasteiger partial charge in [0.2, 0.25) is 0 Å². The van der Waals surface area contributed by atoms with Gasteiger partial charge >= 0.3 is 6.36 Å². The summed E-state index contributed by atoms with van der Waals surface area (Å²) in [6, 6.07) is 8.95. The second kappa shape index (κ2) is 6.80. The lowest BCUT2D eigenvalue weighted by Crippen LogP contribution is -2.17. The molecule has 8 heteroatoms. The number of nitrogens with two attached hydrogens (primary N) is 1. The van der Waals surface area contributed by atoms with E-state index in [4.69, 9.17) is 5.73 Å². The molecule has 0 aliphatic carbocycles. The third-order valence-electron chi connectivity index (χ3n) is 2.37. The number of hydrogen-bond donors (Lipinski definition) is 1. The van der Waals surface area contributed by atoms with Crippen LogP contribution in [0.3, 0.4) is 0 Å². The van der Waals surface area contributed by atoms with Crippen LogP contribution in [0.25, 0.3) is 0 Å². The molecule has 20 heavy (non-hydrogen) atoms. The van der Waals surface area contributed by atoms with E-state index in [2.05, 4.69) is 20.7 Å². The summed E-state index contributed by atoms with van der Waals surface area (Å²) in [5, 5.41) is 0. The van der Waals surface area contributed by atoms with Gasteiger partial charge in [-0.2, -0.15) is 0 Å². The summed E-state index contributed by atoms with van der Waals surface area (Å²) in [5.41, 5.74) is 6.76. The van der Waals surface area contributed by atoms with Crippen LogP contribution in [0, 0.1) is 0 Å². The molecule has 1 atom stereocenters. The molecule has 1 heterocycles. The fraction of sp³-hybridized carbons (Fsp3) is 0.167. The molecule has 1 aromatic carbocycles. The largest absolute Gasteiger partial charge is 0.573 e. The number of hydrogen-bond acceptors (Lipinski definition) is 3. The van der Waals surface area contributed by atoms with E-state index >= 15 is 0 Å². The van der Waals surface area contributed by atoms with Gasteiger partial charge in [-0.15, -0.1) is 36.9 Å². The van der Waals surface area contributed by atoms with Gasteiger partial charge in [0.15, 0.2) is 0 Å². The van der Waals surface area contributed by atoms with E-state index in [1.165, 1.54) is 35.6 Å². The second-order valence-electron chi connectivity index (χ2n) is 3.74. The number of rotatable bonds is 3. The molecule has 0 amide bonds. The highest BCUT2D eigenvalue weighted by Gasteiger charge is 2.31. The van der Waals surface area contributed by atoms with Gasteiger partial charge in [0.05, 0.1) is 9.83 Å². The molecule has 2 nitrogen and oxygen atoms in total. The lowest BCUT2D eigenvalue weighted by Gasteiger charge is -2.12. The van der Waals surface area contributed by atoms with Crippen LogP contribution in [0.5, 0.6) is 5.75 Å². The van der Waals surface area contributed by atoms with Gasteiger partial charge < -0.3 is 10.5 Å².